The van der Waals surface area contributed by atoms with Gasteiger partial charge in [0, 0.05) is 24.0 Å². The third-order valence-electron chi connectivity index (χ3n) is 9.63. The largest absolute Gasteiger partial charge is 0.455 e. The highest BCUT2D eigenvalue weighted by atomic mass is 32.1. The number of hydrogen-bond donors (Lipinski definition) is 3. The molecule has 46 heavy (non-hydrogen) atoms. The number of rotatable bonds is 13. The Balaban J connectivity index is 1.31. The molecule has 2 aromatic rings. The summed E-state index contributed by atoms with van der Waals surface area (Å²) in [5.41, 5.74) is 7.04. The quantitative estimate of drug-likeness (QED) is 0.284. The molecule has 2 fully saturated rings. The van der Waals surface area contributed by atoms with Crippen molar-refractivity contribution in [3.8, 4) is 0 Å². The molecule has 4 N–H and O–H groups in total. The molecule has 0 radical (unpaired) electrons. The smallest absolute Gasteiger partial charge is 0.288 e. The van der Waals surface area contributed by atoms with E-state index >= 15 is 0 Å². The molecule has 10 nitrogen and oxygen atoms in total. The Morgan fingerprint density at radius 3 is 2.57 bits per heavy atom. The summed E-state index contributed by atoms with van der Waals surface area (Å²) in [6.45, 7) is 5.54. The third kappa shape index (κ3) is 9.08. The molecule has 0 bridgehead atoms. The number of amides is 2. The fourth-order valence-corrected chi connectivity index (χ4v) is 7.53. The summed E-state index contributed by atoms with van der Waals surface area (Å²) < 4.78 is 6.41. The molecule has 2 aliphatic heterocycles. The van der Waals surface area contributed by atoms with E-state index in [1.165, 1.54) is 0 Å². The van der Waals surface area contributed by atoms with Gasteiger partial charge in [-0.25, -0.2) is 4.99 Å². The zero-order chi connectivity index (χ0) is 32.5. The van der Waals surface area contributed by atoms with Gasteiger partial charge in [-0.15, -0.1) is 11.3 Å². The average molecular weight is 652 g/mol. The summed E-state index contributed by atoms with van der Waals surface area (Å²) >= 11 is 1.61. The van der Waals surface area contributed by atoms with Gasteiger partial charge in [0.15, 0.2) is 0 Å². The molecule has 3 heterocycles. The standard InChI is InChI=1S/C35H53N7O3S/c1-25-32(27-10-5-4-6-11-27)45-35(38-25)41-19-20-42(31(24-41)33(43)37-23-29-12-9-21-46-29)34(44)30(13-7-8-18-40(2)3)39-28-16-14-26(22-36)15-17-28/h4-6,9-12,21,25-26,28,30-32,39H,7-8,13-20,22-24,36H2,1-3H3,(H,37,43)/t25-,26?,28?,30+,31-,32?/m0/s1. The molecule has 2 amide bonds. The van der Waals surface area contributed by atoms with Gasteiger partial charge in [-0.1, -0.05) is 42.8 Å². The molecule has 1 saturated carbocycles. The maximum absolute atomic E-state index is 14.5. The molecule has 1 aliphatic carbocycles. The summed E-state index contributed by atoms with van der Waals surface area (Å²) in [7, 11) is 4.16. The summed E-state index contributed by atoms with van der Waals surface area (Å²) in [5, 5.41) is 8.89. The number of benzene rings is 1. The average Bonchev–Trinajstić information content (AvgIpc) is 3.75. The van der Waals surface area contributed by atoms with Crippen LogP contribution in [0.2, 0.25) is 0 Å². The Morgan fingerprint density at radius 2 is 1.87 bits per heavy atom. The maximum Gasteiger partial charge on any atom is 0.288 e. The normalized spacial score (nSPS) is 25.7. The van der Waals surface area contributed by atoms with E-state index < -0.39 is 6.04 Å². The Labute approximate surface area is 278 Å². The number of ether oxygens (including phenoxy) is 1. The number of unbranched alkanes of at least 4 members (excludes halogenated alkanes) is 1. The monoisotopic (exact) mass is 651 g/mol. The minimum absolute atomic E-state index is 0.0199. The van der Waals surface area contributed by atoms with Gasteiger partial charge in [0.2, 0.25) is 11.8 Å². The first-order valence-corrected chi connectivity index (χ1v) is 18.0. The fourth-order valence-electron chi connectivity index (χ4n) is 6.88. The minimum Gasteiger partial charge on any atom is -0.455 e. The first kappa shape index (κ1) is 34.3. The lowest BCUT2D eigenvalue weighted by molar-refractivity contribution is -0.145. The van der Waals surface area contributed by atoms with E-state index in [1.54, 1.807) is 11.3 Å². The lowest BCUT2D eigenvalue weighted by Gasteiger charge is -2.42. The van der Waals surface area contributed by atoms with Crippen LogP contribution in [0.1, 0.15) is 68.4 Å². The number of carbonyl (C=O) groups is 2. The molecule has 3 aliphatic rings. The lowest BCUT2D eigenvalue weighted by atomic mass is 9.85. The number of nitrogens with zero attached hydrogens (tertiary/aromatic N) is 4. The molecule has 1 aromatic heterocycles. The van der Waals surface area contributed by atoms with E-state index in [4.69, 9.17) is 15.5 Å². The summed E-state index contributed by atoms with van der Waals surface area (Å²) in [6, 6.07) is 13.9. The first-order valence-electron chi connectivity index (χ1n) is 17.1. The van der Waals surface area contributed by atoms with Crippen molar-refractivity contribution in [3.05, 3.63) is 58.3 Å². The number of hydrogen-bond acceptors (Lipinski definition) is 9. The number of aliphatic imine (C=N–C) groups is 1. The molecule has 252 valence electrons. The number of nitrogens with one attached hydrogen (secondary N) is 2. The highest BCUT2D eigenvalue weighted by Gasteiger charge is 2.42. The zero-order valence-electron chi connectivity index (χ0n) is 27.8. The Bertz CT molecular complexity index is 1270. The SMILES string of the molecule is C[C@@H]1N=C(N2CCN(C(=O)[C@@H](CCCCN(C)C)NC3CCC(CN)CC3)[C@H](C(=O)NCc3cccs3)C2)OC1c1ccccc1. The number of piperazine rings is 1. The fraction of sp³-hybridized carbons (Fsp3) is 0.629. The second-order valence-corrected chi connectivity index (χ2v) is 14.4. The van der Waals surface area contributed by atoms with Crippen molar-refractivity contribution in [1.82, 2.24) is 25.3 Å². The van der Waals surface area contributed by atoms with Crippen LogP contribution in [0.4, 0.5) is 0 Å². The van der Waals surface area contributed by atoms with E-state index in [1.807, 2.05) is 45.5 Å². The molecular weight excluding hydrogens is 598 g/mol. The molecular formula is C35H53N7O3S. The van der Waals surface area contributed by atoms with Crippen LogP contribution in [-0.4, -0.2) is 104 Å². The van der Waals surface area contributed by atoms with Crippen molar-refractivity contribution in [2.45, 2.75) is 88.7 Å². The van der Waals surface area contributed by atoms with Gasteiger partial charge in [0.1, 0.15) is 12.1 Å². The van der Waals surface area contributed by atoms with Crippen molar-refractivity contribution in [3.63, 3.8) is 0 Å². The zero-order valence-corrected chi connectivity index (χ0v) is 28.6. The van der Waals surface area contributed by atoms with Crippen LogP contribution >= 0.6 is 11.3 Å². The first-order chi connectivity index (χ1) is 22.3. The summed E-state index contributed by atoms with van der Waals surface area (Å²) in [4.78, 5) is 40.4. The van der Waals surface area contributed by atoms with Crippen molar-refractivity contribution in [1.29, 1.82) is 0 Å². The van der Waals surface area contributed by atoms with E-state index in [2.05, 4.69) is 48.7 Å². The molecule has 5 rings (SSSR count). The highest BCUT2D eigenvalue weighted by Crippen LogP contribution is 2.31. The maximum atomic E-state index is 14.5. The minimum atomic E-state index is -0.655. The van der Waals surface area contributed by atoms with Gasteiger partial charge in [-0.2, -0.15) is 0 Å². The number of thiophene rings is 1. The van der Waals surface area contributed by atoms with Gasteiger partial charge < -0.3 is 35.8 Å². The van der Waals surface area contributed by atoms with E-state index in [-0.39, 0.29) is 36.0 Å². The van der Waals surface area contributed by atoms with E-state index in [0.717, 1.165) is 68.5 Å². The van der Waals surface area contributed by atoms with Crippen LogP contribution < -0.4 is 16.4 Å². The number of nitrogens with two attached hydrogens (primary N) is 1. The predicted molar refractivity (Wildman–Crippen MR) is 185 cm³/mol. The lowest BCUT2D eigenvalue weighted by Crippen LogP contribution is -2.64. The van der Waals surface area contributed by atoms with Crippen molar-refractivity contribution < 1.29 is 14.3 Å². The van der Waals surface area contributed by atoms with Crippen LogP contribution in [0, 0.1) is 5.92 Å². The van der Waals surface area contributed by atoms with Crippen molar-refractivity contribution >= 4 is 29.2 Å². The molecule has 0 spiro atoms. The highest BCUT2D eigenvalue weighted by molar-refractivity contribution is 7.09. The molecule has 4 atom stereocenters. The van der Waals surface area contributed by atoms with Crippen LogP contribution in [-0.2, 0) is 20.9 Å². The molecule has 11 heteroatoms. The van der Waals surface area contributed by atoms with Crippen LogP contribution in [0.15, 0.2) is 52.8 Å². The Hall–Kier alpha value is -2.99. The molecule has 1 aromatic carbocycles. The van der Waals surface area contributed by atoms with Gasteiger partial charge in [-0.3, -0.25) is 9.59 Å². The summed E-state index contributed by atoms with van der Waals surface area (Å²) in [5.74, 6) is 0.445. The van der Waals surface area contributed by atoms with Gasteiger partial charge in [-0.05, 0) is 95.6 Å². The topological polar surface area (TPSA) is 116 Å². The Morgan fingerprint density at radius 1 is 1.09 bits per heavy atom. The predicted octanol–water partition coefficient (Wildman–Crippen LogP) is 3.60. The van der Waals surface area contributed by atoms with Crippen LogP contribution in [0.3, 0.4) is 0 Å². The van der Waals surface area contributed by atoms with Gasteiger partial charge >= 0.3 is 0 Å². The number of carbonyl (C=O) groups excluding carboxylic acids is 2. The summed E-state index contributed by atoms with van der Waals surface area (Å²) in [6.07, 6.45) is 6.78. The van der Waals surface area contributed by atoms with E-state index in [9.17, 15) is 9.59 Å². The molecule has 1 unspecified atom stereocenters. The van der Waals surface area contributed by atoms with Crippen molar-refractivity contribution in [2.24, 2.45) is 16.6 Å². The van der Waals surface area contributed by atoms with Crippen molar-refractivity contribution in [2.75, 3.05) is 46.8 Å². The third-order valence-corrected chi connectivity index (χ3v) is 10.5. The van der Waals surface area contributed by atoms with Gasteiger partial charge in [0.25, 0.3) is 6.02 Å². The van der Waals surface area contributed by atoms with E-state index in [0.29, 0.717) is 38.1 Å². The number of amidine groups is 1. The Kier molecular flexibility index (Phi) is 12.5. The molecule has 1 saturated heterocycles. The van der Waals surface area contributed by atoms with Gasteiger partial charge in [0.05, 0.1) is 25.2 Å². The van der Waals surface area contributed by atoms with Crippen LogP contribution in [0.25, 0.3) is 0 Å². The van der Waals surface area contributed by atoms with Crippen LogP contribution in [0.5, 0.6) is 0 Å². The second kappa shape index (κ2) is 16.7. The second-order valence-electron chi connectivity index (χ2n) is 13.4.